The summed E-state index contributed by atoms with van der Waals surface area (Å²) >= 11 is 0. The second-order valence-electron chi connectivity index (χ2n) is 10.6. The molecule has 2 amide bonds. The SMILES string of the molecule is NCC(F)(F)F.O=C(Nc1ccccc1)N1CCCN(CCCCC2(C(=O)O)c3ccccc3-c3ccccc32)CC1. The summed E-state index contributed by atoms with van der Waals surface area (Å²) in [5.41, 5.74) is 7.90. The lowest BCUT2D eigenvalue weighted by atomic mass is 9.74. The number of amides is 2. The Balaban J connectivity index is 0.000000612. The maximum Gasteiger partial charge on any atom is 0.400 e. The molecule has 224 valence electrons. The van der Waals surface area contributed by atoms with Crippen molar-refractivity contribution in [3.63, 3.8) is 0 Å². The smallest absolute Gasteiger partial charge is 0.400 e. The molecule has 1 heterocycles. The molecule has 0 aromatic heterocycles. The normalized spacial score (nSPS) is 16.0. The van der Waals surface area contributed by atoms with Crippen molar-refractivity contribution in [2.75, 3.05) is 44.6 Å². The molecule has 5 rings (SSSR count). The summed E-state index contributed by atoms with van der Waals surface area (Å²) in [6.45, 7) is 2.90. The number of carbonyl (C=O) groups excluding carboxylic acids is 1. The second-order valence-corrected chi connectivity index (χ2v) is 10.6. The topological polar surface area (TPSA) is 98.9 Å². The zero-order chi connectivity index (χ0) is 30.2. The van der Waals surface area contributed by atoms with E-state index in [1.54, 1.807) is 0 Å². The van der Waals surface area contributed by atoms with Crippen LogP contribution in [0.5, 0.6) is 0 Å². The monoisotopic (exact) mass is 582 g/mol. The van der Waals surface area contributed by atoms with E-state index in [4.69, 9.17) is 0 Å². The Labute approximate surface area is 244 Å². The van der Waals surface area contributed by atoms with Gasteiger partial charge in [-0.3, -0.25) is 4.79 Å². The van der Waals surface area contributed by atoms with Crippen LogP contribution in [0.15, 0.2) is 78.9 Å². The number of fused-ring (bicyclic) bond motifs is 3. The molecule has 0 spiro atoms. The van der Waals surface area contributed by atoms with Crippen LogP contribution in [0, 0.1) is 0 Å². The number of rotatable bonds is 7. The van der Waals surface area contributed by atoms with Crippen molar-refractivity contribution in [3.05, 3.63) is 90.0 Å². The van der Waals surface area contributed by atoms with Gasteiger partial charge >= 0.3 is 18.2 Å². The molecule has 0 unspecified atom stereocenters. The Bertz CT molecular complexity index is 1300. The van der Waals surface area contributed by atoms with Crippen LogP contribution < -0.4 is 11.1 Å². The number of carboxylic acid groups (broad SMARTS) is 1. The molecule has 3 aromatic rings. The van der Waals surface area contributed by atoms with E-state index in [2.05, 4.69) is 16.0 Å². The van der Waals surface area contributed by atoms with Gasteiger partial charge in [0.25, 0.3) is 0 Å². The van der Waals surface area contributed by atoms with Gasteiger partial charge in [0.2, 0.25) is 0 Å². The molecular formula is C32H37F3N4O3. The predicted octanol–water partition coefficient (Wildman–Crippen LogP) is 5.96. The first kappa shape index (κ1) is 31.1. The van der Waals surface area contributed by atoms with Crippen LogP contribution in [0.1, 0.15) is 36.8 Å². The van der Waals surface area contributed by atoms with E-state index < -0.39 is 24.1 Å². The number of unbranched alkanes of at least 4 members (excludes halogenated alkanes) is 1. The molecule has 0 saturated carbocycles. The molecule has 1 saturated heterocycles. The fourth-order valence-electron chi connectivity index (χ4n) is 5.78. The third-order valence-electron chi connectivity index (χ3n) is 7.84. The molecule has 1 aliphatic heterocycles. The fourth-order valence-corrected chi connectivity index (χ4v) is 5.78. The molecule has 10 heteroatoms. The zero-order valence-corrected chi connectivity index (χ0v) is 23.4. The first-order valence-corrected chi connectivity index (χ1v) is 14.2. The highest BCUT2D eigenvalue weighted by Crippen LogP contribution is 2.51. The number of halogens is 3. The Morgan fingerprint density at radius 3 is 1.98 bits per heavy atom. The summed E-state index contributed by atoms with van der Waals surface area (Å²) in [5, 5.41) is 13.5. The Hall–Kier alpha value is -3.89. The van der Waals surface area contributed by atoms with E-state index in [0.717, 1.165) is 73.4 Å². The van der Waals surface area contributed by atoms with Crippen LogP contribution in [0.25, 0.3) is 11.1 Å². The number of carboxylic acids is 1. The molecule has 1 aliphatic carbocycles. The minimum Gasteiger partial charge on any atom is -0.480 e. The van der Waals surface area contributed by atoms with Crippen LogP contribution in [-0.4, -0.2) is 72.4 Å². The Kier molecular flexibility index (Phi) is 10.2. The van der Waals surface area contributed by atoms with Gasteiger partial charge in [-0.2, -0.15) is 13.2 Å². The minimum absolute atomic E-state index is 0.0509. The number of nitrogens with zero attached hydrogens (tertiary/aromatic N) is 2. The van der Waals surface area contributed by atoms with Gasteiger partial charge in [0.15, 0.2) is 0 Å². The van der Waals surface area contributed by atoms with Gasteiger partial charge < -0.3 is 26.0 Å². The van der Waals surface area contributed by atoms with E-state index in [0.29, 0.717) is 13.0 Å². The average Bonchev–Trinajstić information content (AvgIpc) is 3.09. The van der Waals surface area contributed by atoms with Crippen LogP contribution >= 0.6 is 0 Å². The minimum atomic E-state index is -4.18. The molecule has 0 radical (unpaired) electrons. The molecule has 4 N–H and O–H groups in total. The lowest BCUT2D eigenvalue weighted by Crippen LogP contribution is -2.38. The number of urea groups is 1. The maximum absolute atomic E-state index is 12.8. The number of nitrogens with two attached hydrogens (primary N) is 1. The van der Waals surface area contributed by atoms with Crippen molar-refractivity contribution in [2.45, 2.75) is 37.3 Å². The highest BCUT2D eigenvalue weighted by molar-refractivity contribution is 5.97. The van der Waals surface area contributed by atoms with Crippen LogP contribution in [0.3, 0.4) is 0 Å². The second kappa shape index (κ2) is 13.8. The standard InChI is InChI=1S/C30H33N3O3.C2H4F3N/c34-28(35)30(26-15-6-4-13-24(26)25-14-5-7-16-27(25)30)17-8-9-18-32-19-10-20-33(22-21-32)29(36)31-23-11-2-1-3-12-23;3-2(4,5)1-6/h1-7,11-16H,8-10,17-22H2,(H,31,36)(H,34,35);1,6H2. The quantitative estimate of drug-likeness (QED) is 0.299. The van der Waals surface area contributed by atoms with Crippen LogP contribution in [0.2, 0.25) is 0 Å². The van der Waals surface area contributed by atoms with Crippen molar-refractivity contribution < 1.29 is 27.9 Å². The van der Waals surface area contributed by atoms with Gasteiger partial charge in [0, 0.05) is 25.3 Å². The molecule has 42 heavy (non-hydrogen) atoms. The Morgan fingerprint density at radius 2 is 1.40 bits per heavy atom. The van der Waals surface area contributed by atoms with E-state index in [9.17, 15) is 27.9 Å². The summed E-state index contributed by atoms with van der Waals surface area (Å²) < 4.78 is 32.0. The number of nitrogens with one attached hydrogen (secondary N) is 1. The number of aliphatic carboxylic acids is 1. The lowest BCUT2D eigenvalue weighted by molar-refractivity contribution is -0.142. The largest absolute Gasteiger partial charge is 0.480 e. The van der Waals surface area contributed by atoms with E-state index in [1.807, 2.05) is 83.8 Å². The van der Waals surface area contributed by atoms with Crippen molar-refractivity contribution >= 4 is 17.7 Å². The van der Waals surface area contributed by atoms with Crippen molar-refractivity contribution in [1.29, 1.82) is 0 Å². The molecule has 3 aromatic carbocycles. The first-order valence-electron chi connectivity index (χ1n) is 14.2. The van der Waals surface area contributed by atoms with Gasteiger partial charge in [0.1, 0.15) is 5.41 Å². The van der Waals surface area contributed by atoms with Crippen LogP contribution in [-0.2, 0) is 10.2 Å². The number of carbonyl (C=O) groups is 2. The summed E-state index contributed by atoms with van der Waals surface area (Å²) in [5.74, 6) is -0.769. The van der Waals surface area contributed by atoms with Gasteiger partial charge in [-0.1, -0.05) is 73.2 Å². The van der Waals surface area contributed by atoms with E-state index in [-0.39, 0.29) is 6.03 Å². The highest BCUT2D eigenvalue weighted by Gasteiger charge is 2.48. The molecule has 0 bridgehead atoms. The molecule has 1 fully saturated rings. The molecule has 0 atom stereocenters. The van der Waals surface area contributed by atoms with Gasteiger partial charge in [-0.15, -0.1) is 0 Å². The molecule has 7 nitrogen and oxygen atoms in total. The van der Waals surface area contributed by atoms with Gasteiger partial charge in [-0.25, -0.2) is 4.79 Å². The van der Waals surface area contributed by atoms with Gasteiger partial charge in [0.05, 0.1) is 6.54 Å². The Morgan fingerprint density at radius 1 is 0.833 bits per heavy atom. The van der Waals surface area contributed by atoms with Crippen molar-refractivity contribution in [3.8, 4) is 11.1 Å². The van der Waals surface area contributed by atoms with E-state index in [1.165, 1.54) is 0 Å². The third kappa shape index (κ3) is 7.30. The summed E-state index contributed by atoms with van der Waals surface area (Å²) in [6.07, 6.45) is -0.920. The molecule has 2 aliphatic rings. The van der Waals surface area contributed by atoms with E-state index >= 15 is 0 Å². The number of hydrogen-bond donors (Lipinski definition) is 3. The number of para-hydroxylation sites is 1. The highest BCUT2D eigenvalue weighted by atomic mass is 19.4. The maximum atomic E-state index is 12.8. The number of hydrogen-bond acceptors (Lipinski definition) is 4. The lowest BCUT2D eigenvalue weighted by Gasteiger charge is -2.28. The average molecular weight is 583 g/mol. The third-order valence-corrected chi connectivity index (χ3v) is 7.84. The summed E-state index contributed by atoms with van der Waals surface area (Å²) in [4.78, 5) is 29.7. The number of anilines is 1. The molecular weight excluding hydrogens is 545 g/mol. The van der Waals surface area contributed by atoms with Crippen LogP contribution in [0.4, 0.5) is 23.7 Å². The zero-order valence-electron chi connectivity index (χ0n) is 23.4. The number of benzene rings is 3. The van der Waals surface area contributed by atoms with Crippen molar-refractivity contribution in [2.24, 2.45) is 5.73 Å². The first-order chi connectivity index (χ1) is 20.2. The summed E-state index contributed by atoms with van der Waals surface area (Å²) in [7, 11) is 0. The van der Waals surface area contributed by atoms with Gasteiger partial charge in [-0.05, 0) is 66.7 Å². The fraction of sp³-hybridized carbons (Fsp3) is 0.375. The predicted molar refractivity (Wildman–Crippen MR) is 157 cm³/mol. The number of alkyl halides is 3. The van der Waals surface area contributed by atoms with Crippen molar-refractivity contribution in [1.82, 2.24) is 9.80 Å². The summed E-state index contributed by atoms with van der Waals surface area (Å²) in [6, 6.07) is 25.4.